The molecule has 1 aliphatic carbocycles. The Morgan fingerprint density at radius 1 is 1.24 bits per heavy atom. The van der Waals surface area contributed by atoms with Crippen LogP contribution in [0.3, 0.4) is 0 Å². The van der Waals surface area contributed by atoms with E-state index in [0.29, 0.717) is 36.4 Å². The predicted octanol–water partition coefficient (Wildman–Crippen LogP) is 2.64. The number of nitrogens with zero attached hydrogens (tertiary/aromatic N) is 4. The van der Waals surface area contributed by atoms with Gasteiger partial charge in [-0.3, -0.25) is 4.79 Å². The van der Waals surface area contributed by atoms with Crippen molar-refractivity contribution in [2.75, 3.05) is 13.1 Å². The van der Waals surface area contributed by atoms with Crippen LogP contribution < -0.4 is 4.74 Å². The van der Waals surface area contributed by atoms with Crippen LogP contribution in [0, 0.1) is 13.8 Å². The topological polar surface area (TPSA) is 81.4 Å². The van der Waals surface area contributed by atoms with Gasteiger partial charge in [-0.25, -0.2) is 4.98 Å². The molecule has 1 aliphatic heterocycles. The normalized spacial score (nSPS) is 20.6. The monoisotopic (exact) mass is 342 g/mol. The largest absolute Gasteiger partial charge is 0.472 e. The van der Waals surface area contributed by atoms with E-state index in [1.165, 1.54) is 0 Å². The number of likely N-dealkylation sites (tertiary alicyclic amines) is 1. The lowest BCUT2D eigenvalue weighted by Gasteiger charge is -2.32. The molecule has 1 unspecified atom stereocenters. The molecule has 2 aromatic rings. The number of piperidine rings is 1. The van der Waals surface area contributed by atoms with Gasteiger partial charge in [-0.1, -0.05) is 5.16 Å². The van der Waals surface area contributed by atoms with Gasteiger partial charge >= 0.3 is 0 Å². The smallest absolute Gasteiger partial charge is 0.276 e. The Morgan fingerprint density at radius 2 is 2.08 bits per heavy atom. The lowest BCUT2D eigenvalue weighted by Crippen LogP contribution is -2.44. The van der Waals surface area contributed by atoms with Crippen molar-refractivity contribution in [3.8, 4) is 5.88 Å². The molecule has 0 spiro atoms. The first-order valence-electron chi connectivity index (χ1n) is 8.83. The first kappa shape index (κ1) is 16.1. The fraction of sp³-hybridized carbons (Fsp3) is 0.556. The highest BCUT2D eigenvalue weighted by molar-refractivity contribution is 5.92. The molecule has 0 bridgehead atoms. The van der Waals surface area contributed by atoms with Gasteiger partial charge in [0.2, 0.25) is 5.88 Å². The standard InChI is InChI=1S/C18H22N4O3/c1-11-8-17(20-12(2)19-11)24-14-4-3-7-22(10-14)18(23)15-9-16(25-21-15)13-5-6-13/h8-9,13-14H,3-7,10H2,1-2H3. The maximum atomic E-state index is 12.7. The van der Waals surface area contributed by atoms with Crippen molar-refractivity contribution in [3.05, 3.63) is 35.1 Å². The fourth-order valence-electron chi connectivity index (χ4n) is 3.25. The summed E-state index contributed by atoms with van der Waals surface area (Å²) >= 11 is 0. The summed E-state index contributed by atoms with van der Waals surface area (Å²) in [5.74, 6) is 2.46. The highest BCUT2D eigenvalue weighted by Gasteiger charge is 2.31. The van der Waals surface area contributed by atoms with Crippen molar-refractivity contribution in [1.29, 1.82) is 0 Å². The highest BCUT2D eigenvalue weighted by Crippen LogP contribution is 2.40. The molecule has 3 heterocycles. The van der Waals surface area contributed by atoms with E-state index in [0.717, 1.165) is 37.1 Å². The van der Waals surface area contributed by atoms with E-state index in [2.05, 4.69) is 15.1 Å². The van der Waals surface area contributed by atoms with E-state index in [1.807, 2.05) is 19.9 Å². The van der Waals surface area contributed by atoms with Crippen LogP contribution in [0.2, 0.25) is 0 Å². The molecule has 1 saturated heterocycles. The number of ether oxygens (including phenoxy) is 1. The Hall–Kier alpha value is -2.44. The van der Waals surface area contributed by atoms with Crippen molar-refractivity contribution in [2.45, 2.75) is 51.6 Å². The zero-order valence-electron chi connectivity index (χ0n) is 14.6. The predicted molar refractivity (Wildman–Crippen MR) is 89.5 cm³/mol. The summed E-state index contributed by atoms with van der Waals surface area (Å²) in [7, 11) is 0. The van der Waals surface area contributed by atoms with Gasteiger partial charge in [-0.15, -0.1) is 0 Å². The summed E-state index contributed by atoms with van der Waals surface area (Å²) < 4.78 is 11.3. The number of carbonyl (C=O) groups excluding carboxylic acids is 1. The van der Waals surface area contributed by atoms with Crippen LogP contribution in [-0.2, 0) is 0 Å². The number of amides is 1. The van der Waals surface area contributed by atoms with Crippen LogP contribution in [0.4, 0.5) is 0 Å². The Morgan fingerprint density at radius 3 is 2.84 bits per heavy atom. The van der Waals surface area contributed by atoms with Gasteiger partial charge in [-0.05, 0) is 39.5 Å². The van der Waals surface area contributed by atoms with Gasteiger partial charge in [0.1, 0.15) is 17.7 Å². The van der Waals surface area contributed by atoms with Gasteiger partial charge in [0, 0.05) is 30.3 Å². The van der Waals surface area contributed by atoms with Crippen LogP contribution in [0.1, 0.15) is 59.4 Å². The summed E-state index contributed by atoms with van der Waals surface area (Å²) in [5.41, 5.74) is 1.28. The Kier molecular flexibility index (Phi) is 4.15. The Bertz CT molecular complexity index is 764. The molecule has 25 heavy (non-hydrogen) atoms. The first-order chi connectivity index (χ1) is 12.1. The van der Waals surface area contributed by atoms with Crippen molar-refractivity contribution >= 4 is 5.91 Å². The van der Waals surface area contributed by atoms with Crippen molar-refractivity contribution < 1.29 is 14.1 Å². The fourth-order valence-corrected chi connectivity index (χ4v) is 3.25. The number of aromatic nitrogens is 3. The van der Waals surface area contributed by atoms with E-state index in [1.54, 1.807) is 11.0 Å². The molecular weight excluding hydrogens is 320 g/mol. The minimum absolute atomic E-state index is 0.0683. The number of hydrogen-bond donors (Lipinski definition) is 0. The van der Waals surface area contributed by atoms with Crippen LogP contribution in [0.15, 0.2) is 16.7 Å². The maximum Gasteiger partial charge on any atom is 0.276 e. The lowest BCUT2D eigenvalue weighted by atomic mass is 10.1. The summed E-state index contributed by atoms with van der Waals surface area (Å²) in [5, 5.41) is 3.96. The summed E-state index contributed by atoms with van der Waals surface area (Å²) in [6.07, 6.45) is 3.98. The average molecular weight is 342 g/mol. The third kappa shape index (κ3) is 3.65. The third-order valence-electron chi connectivity index (χ3n) is 4.62. The van der Waals surface area contributed by atoms with Crippen molar-refractivity contribution in [3.63, 3.8) is 0 Å². The number of rotatable bonds is 4. The van der Waals surface area contributed by atoms with E-state index < -0.39 is 0 Å². The summed E-state index contributed by atoms with van der Waals surface area (Å²) in [6, 6.07) is 3.62. The van der Waals surface area contributed by atoms with Crippen LogP contribution in [-0.4, -0.2) is 45.1 Å². The van der Waals surface area contributed by atoms with Gasteiger partial charge in [0.25, 0.3) is 5.91 Å². The van der Waals surface area contributed by atoms with Gasteiger partial charge in [-0.2, -0.15) is 4.98 Å². The van der Waals surface area contributed by atoms with Gasteiger partial charge in [0.05, 0.1) is 6.54 Å². The highest BCUT2D eigenvalue weighted by atomic mass is 16.5. The molecule has 0 radical (unpaired) electrons. The van der Waals surface area contributed by atoms with E-state index in [9.17, 15) is 4.79 Å². The SMILES string of the molecule is Cc1cc(OC2CCCN(C(=O)c3cc(C4CC4)on3)C2)nc(C)n1. The molecule has 2 fully saturated rings. The minimum Gasteiger partial charge on any atom is -0.472 e. The van der Waals surface area contributed by atoms with Crippen molar-refractivity contribution in [1.82, 2.24) is 20.0 Å². The van der Waals surface area contributed by atoms with Gasteiger partial charge < -0.3 is 14.2 Å². The third-order valence-corrected chi connectivity index (χ3v) is 4.62. The molecule has 2 aromatic heterocycles. The molecule has 7 nitrogen and oxygen atoms in total. The second-order valence-electron chi connectivity index (χ2n) is 6.92. The molecule has 2 aliphatic rings. The number of aryl methyl sites for hydroxylation is 2. The van der Waals surface area contributed by atoms with E-state index in [4.69, 9.17) is 9.26 Å². The van der Waals surface area contributed by atoms with Crippen molar-refractivity contribution in [2.24, 2.45) is 0 Å². The quantitative estimate of drug-likeness (QED) is 0.849. The average Bonchev–Trinajstić information content (AvgIpc) is 3.31. The Balaban J connectivity index is 1.41. The maximum absolute atomic E-state index is 12.7. The zero-order chi connectivity index (χ0) is 17.4. The lowest BCUT2D eigenvalue weighted by molar-refractivity contribution is 0.0518. The number of hydrogen-bond acceptors (Lipinski definition) is 6. The second-order valence-corrected chi connectivity index (χ2v) is 6.92. The minimum atomic E-state index is -0.0843. The van der Waals surface area contributed by atoms with Crippen LogP contribution in [0.5, 0.6) is 5.88 Å². The van der Waals surface area contributed by atoms with E-state index >= 15 is 0 Å². The Labute approximate surface area is 146 Å². The van der Waals surface area contributed by atoms with Crippen LogP contribution >= 0.6 is 0 Å². The molecule has 1 atom stereocenters. The number of carbonyl (C=O) groups is 1. The van der Waals surface area contributed by atoms with Gasteiger partial charge in [0.15, 0.2) is 5.69 Å². The molecular formula is C18H22N4O3. The van der Waals surface area contributed by atoms with E-state index in [-0.39, 0.29) is 12.0 Å². The first-order valence-corrected chi connectivity index (χ1v) is 8.83. The second kappa shape index (κ2) is 6.46. The zero-order valence-corrected chi connectivity index (χ0v) is 14.6. The molecule has 4 rings (SSSR count). The summed E-state index contributed by atoms with van der Waals surface area (Å²) in [4.78, 5) is 23.1. The molecule has 1 amide bonds. The molecule has 0 aromatic carbocycles. The molecule has 1 saturated carbocycles. The summed E-state index contributed by atoms with van der Waals surface area (Å²) in [6.45, 7) is 5.01. The molecule has 7 heteroatoms. The molecule has 132 valence electrons. The van der Waals surface area contributed by atoms with Crippen LogP contribution in [0.25, 0.3) is 0 Å². The molecule has 0 N–H and O–H groups in total.